The molecule has 0 amide bonds. The van der Waals surface area contributed by atoms with Crippen LogP contribution in [-0.2, 0) is 18.7 Å². The van der Waals surface area contributed by atoms with Crippen molar-refractivity contribution in [2.45, 2.75) is 23.7 Å². The highest BCUT2D eigenvalue weighted by atomic mass is 35.5. The van der Waals surface area contributed by atoms with Gasteiger partial charge in [-0.25, -0.2) is 4.98 Å². The third-order valence-corrected chi connectivity index (χ3v) is 6.59. The van der Waals surface area contributed by atoms with Gasteiger partial charge in [0.2, 0.25) is 0 Å². The topological polar surface area (TPSA) is 49.1 Å². The van der Waals surface area contributed by atoms with E-state index in [0.717, 1.165) is 69.0 Å². The molecule has 3 aromatic rings. The van der Waals surface area contributed by atoms with Gasteiger partial charge in [0.05, 0.1) is 12.7 Å². The summed E-state index contributed by atoms with van der Waals surface area (Å²) < 4.78 is 5.31. The fourth-order valence-corrected chi connectivity index (χ4v) is 4.78. The van der Waals surface area contributed by atoms with Crippen molar-refractivity contribution in [3.05, 3.63) is 75.9 Å². The van der Waals surface area contributed by atoms with E-state index in [1.54, 1.807) is 18.9 Å². The van der Waals surface area contributed by atoms with Gasteiger partial charge in [-0.05, 0) is 48.0 Å². The Bertz CT molecular complexity index is 1090. The molecule has 0 N–H and O–H groups in total. The SMILES string of the molecule is COc1ccc(-c2c(C#N)c(SCc3ccc(Cl)cc3)nc3c2CN(C)CC3)cc1. The summed E-state index contributed by atoms with van der Waals surface area (Å²) in [5.74, 6) is 1.54. The maximum absolute atomic E-state index is 10.1. The maximum atomic E-state index is 10.1. The number of hydrogen-bond donors (Lipinski definition) is 0. The van der Waals surface area contributed by atoms with E-state index in [9.17, 15) is 5.26 Å². The number of hydrogen-bond acceptors (Lipinski definition) is 5. The van der Waals surface area contributed by atoms with E-state index in [2.05, 4.69) is 18.0 Å². The Morgan fingerprint density at radius 3 is 2.57 bits per heavy atom. The van der Waals surface area contributed by atoms with Crippen LogP contribution >= 0.6 is 23.4 Å². The molecule has 0 unspecified atom stereocenters. The minimum Gasteiger partial charge on any atom is -0.497 e. The van der Waals surface area contributed by atoms with Gasteiger partial charge < -0.3 is 9.64 Å². The van der Waals surface area contributed by atoms with Gasteiger partial charge in [-0.15, -0.1) is 11.8 Å². The summed E-state index contributed by atoms with van der Waals surface area (Å²) in [4.78, 5) is 7.21. The fraction of sp³-hybridized carbons (Fsp3) is 0.250. The van der Waals surface area contributed by atoms with E-state index in [1.807, 2.05) is 48.5 Å². The first kappa shape index (κ1) is 20.7. The van der Waals surface area contributed by atoms with Crippen LogP contribution < -0.4 is 4.74 Å². The Morgan fingerprint density at radius 2 is 1.90 bits per heavy atom. The number of ether oxygens (including phenoxy) is 1. The molecule has 2 heterocycles. The largest absolute Gasteiger partial charge is 0.497 e. The van der Waals surface area contributed by atoms with Crippen molar-refractivity contribution in [2.75, 3.05) is 20.7 Å². The summed E-state index contributed by atoms with van der Waals surface area (Å²) in [7, 11) is 3.76. The third kappa shape index (κ3) is 4.32. The molecule has 0 aliphatic carbocycles. The van der Waals surface area contributed by atoms with Crippen LogP contribution in [0.2, 0.25) is 5.02 Å². The Kier molecular flexibility index (Phi) is 6.29. The molecule has 0 saturated heterocycles. The molecule has 4 rings (SSSR count). The van der Waals surface area contributed by atoms with E-state index in [1.165, 1.54) is 0 Å². The maximum Gasteiger partial charge on any atom is 0.118 e. The van der Waals surface area contributed by atoms with Gasteiger partial charge in [0.25, 0.3) is 0 Å². The molecule has 1 aliphatic rings. The van der Waals surface area contributed by atoms with Crippen LogP contribution in [0.15, 0.2) is 53.6 Å². The lowest BCUT2D eigenvalue weighted by Crippen LogP contribution is -2.28. The average Bonchev–Trinajstić information content (AvgIpc) is 2.78. The highest BCUT2D eigenvalue weighted by molar-refractivity contribution is 7.98. The van der Waals surface area contributed by atoms with Crippen LogP contribution in [0.5, 0.6) is 5.75 Å². The molecule has 6 heteroatoms. The van der Waals surface area contributed by atoms with Crippen molar-refractivity contribution in [1.82, 2.24) is 9.88 Å². The molecule has 30 heavy (non-hydrogen) atoms. The van der Waals surface area contributed by atoms with Crippen LogP contribution in [0.3, 0.4) is 0 Å². The lowest BCUT2D eigenvalue weighted by Gasteiger charge is -2.28. The van der Waals surface area contributed by atoms with Gasteiger partial charge in [-0.2, -0.15) is 5.26 Å². The molecular weight excluding hydrogens is 414 g/mol. The number of fused-ring (bicyclic) bond motifs is 1. The second-order valence-electron chi connectivity index (χ2n) is 7.34. The lowest BCUT2D eigenvalue weighted by atomic mass is 9.92. The Balaban J connectivity index is 1.78. The van der Waals surface area contributed by atoms with Crippen LogP contribution in [0.4, 0.5) is 0 Å². The molecule has 0 saturated carbocycles. The van der Waals surface area contributed by atoms with Crippen molar-refractivity contribution >= 4 is 23.4 Å². The van der Waals surface area contributed by atoms with Crippen LogP contribution in [0.1, 0.15) is 22.4 Å². The number of methoxy groups -OCH3 is 1. The van der Waals surface area contributed by atoms with E-state index in [4.69, 9.17) is 21.3 Å². The summed E-state index contributed by atoms with van der Waals surface area (Å²) in [6, 6.07) is 18.2. The first-order valence-corrected chi connectivity index (χ1v) is 11.1. The van der Waals surface area contributed by atoms with Crippen LogP contribution in [0, 0.1) is 11.3 Å². The van der Waals surface area contributed by atoms with Crippen molar-refractivity contribution < 1.29 is 4.74 Å². The van der Waals surface area contributed by atoms with Gasteiger partial charge in [0.15, 0.2) is 0 Å². The molecule has 1 aliphatic heterocycles. The number of benzene rings is 2. The monoisotopic (exact) mass is 435 g/mol. The number of pyridine rings is 1. The number of aromatic nitrogens is 1. The Morgan fingerprint density at radius 1 is 1.17 bits per heavy atom. The predicted molar refractivity (Wildman–Crippen MR) is 122 cm³/mol. The predicted octanol–water partition coefficient (Wildman–Crippen LogP) is 5.56. The standard InChI is InChI=1S/C24H22ClN3OS/c1-28-12-11-22-21(14-28)23(17-5-9-19(29-2)10-6-17)20(13-26)24(27-22)30-15-16-3-7-18(25)8-4-16/h3-10H,11-12,14-15H2,1-2H3. The van der Waals surface area contributed by atoms with E-state index < -0.39 is 0 Å². The quantitative estimate of drug-likeness (QED) is 0.491. The number of nitriles is 1. The van der Waals surface area contributed by atoms with Crippen molar-refractivity contribution in [1.29, 1.82) is 5.26 Å². The molecule has 152 valence electrons. The summed E-state index contributed by atoms with van der Waals surface area (Å²) in [6.45, 7) is 1.76. The number of rotatable bonds is 5. The fourth-order valence-electron chi connectivity index (χ4n) is 3.69. The van der Waals surface area contributed by atoms with Crippen molar-refractivity contribution in [3.63, 3.8) is 0 Å². The second kappa shape index (κ2) is 9.09. The molecule has 0 atom stereocenters. The minimum atomic E-state index is 0.646. The second-order valence-corrected chi connectivity index (χ2v) is 8.74. The number of likely N-dealkylation sites (N-methyl/N-ethyl adjacent to an activating group) is 1. The first-order chi connectivity index (χ1) is 14.6. The van der Waals surface area contributed by atoms with Crippen LogP contribution in [0.25, 0.3) is 11.1 Å². The smallest absolute Gasteiger partial charge is 0.118 e. The van der Waals surface area contributed by atoms with E-state index in [-0.39, 0.29) is 0 Å². The van der Waals surface area contributed by atoms with Gasteiger partial charge in [0, 0.05) is 41.5 Å². The van der Waals surface area contributed by atoms with Crippen molar-refractivity contribution in [2.24, 2.45) is 0 Å². The highest BCUT2D eigenvalue weighted by Gasteiger charge is 2.25. The molecule has 4 nitrogen and oxygen atoms in total. The Labute approximate surface area is 186 Å². The summed E-state index contributed by atoms with van der Waals surface area (Å²) in [5.41, 5.74) is 6.06. The third-order valence-electron chi connectivity index (χ3n) is 5.29. The van der Waals surface area contributed by atoms with Crippen LogP contribution in [-0.4, -0.2) is 30.6 Å². The molecule has 0 spiro atoms. The normalized spacial score (nSPS) is 13.5. The number of halogens is 1. The molecule has 0 fully saturated rings. The summed E-state index contributed by atoms with van der Waals surface area (Å²) in [5, 5.41) is 11.6. The molecule has 2 aromatic carbocycles. The van der Waals surface area contributed by atoms with E-state index in [0.29, 0.717) is 5.56 Å². The summed E-state index contributed by atoms with van der Waals surface area (Å²) in [6.07, 6.45) is 0.884. The molecular formula is C24H22ClN3OS. The van der Waals surface area contributed by atoms with Gasteiger partial charge >= 0.3 is 0 Å². The van der Waals surface area contributed by atoms with Gasteiger partial charge in [0.1, 0.15) is 16.8 Å². The average molecular weight is 436 g/mol. The molecule has 0 bridgehead atoms. The molecule has 1 aromatic heterocycles. The number of nitrogens with zero attached hydrogens (tertiary/aromatic N) is 3. The Hall–Kier alpha value is -2.52. The summed E-state index contributed by atoms with van der Waals surface area (Å²) >= 11 is 7.61. The van der Waals surface area contributed by atoms with E-state index >= 15 is 0 Å². The minimum absolute atomic E-state index is 0.646. The zero-order valence-corrected chi connectivity index (χ0v) is 18.6. The van der Waals surface area contributed by atoms with Gasteiger partial charge in [-0.1, -0.05) is 35.9 Å². The first-order valence-electron chi connectivity index (χ1n) is 9.75. The zero-order chi connectivity index (χ0) is 21.1. The lowest BCUT2D eigenvalue weighted by molar-refractivity contribution is 0.309. The molecule has 0 radical (unpaired) electrons. The van der Waals surface area contributed by atoms with Gasteiger partial charge in [-0.3, -0.25) is 0 Å². The van der Waals surface area contributed by atoms with Crippen molar-refractivity contribution in [3.8, 4) is 22.9 Å². The number of thioether (sulfide) groups is 1. The highest BCUT2D eigenvalue weighted by Crippen LogP contribution is 2.38. The zero-order valence-electron chi connectivity index (χ0n) is 17.0.